The van der Waals surface area contributed by atoms with Crippen LogP contribution in [-0.4, -0.2) is 81.2 Å². The van der Waals surface area contributed by atoms with Gasteiger partial charge in [0, 0.05) is 56.8 Å². The fourth-order valence-electron chi connectivity index (χ4n) is 6.05. The van der Waals surface area contributed by atoms with Gasteiger partial charge in [0.1, 0.15) is 5.75 Å². The number of ether oxygens (including phenoxy) is 3. The molecule has 3 fully saturated rings. The van der Waals surface area contributed by atoms with Gasteiger partial charge in [-0.2, -0.15) is 0 Å². The van der Waals surface area contributed by atoms with E-state index < -0.39 is 0 Å². The molecule has 5 rings (SSSR count). The summed E-state index contributed by atoms with van der Waals surface area (Å²) in [6.45, 7) is 7.41. The molecule has 2 aromatic carbocycles. The summed E-state index contributed by atoms with van der Waals surface area (Å²) in [5.41, 5.74) is 2.66. The molecule has 1 spiro atoms. The highest BCUT2D eigenvalue weighted by Crippen LogP contribution is 2.60. The SMILES string of the molecule is COc1cc(OC)c(OC)cc1CN1CCC2(CC1)CC2C(=O)N1CCN(Cc2ccccc2)CC1. The molecular formula is C29H39N3O4. The number of carbonyl (C=O) groups excluding carboxylic acids is 1. The molecule has 2 aliphatic heterocycles. The molecule has 194 valence electrons. The van der Waals surface area contributed by atoms with E-state index >= 15 is 0 Å². The van der Waals surface area contributed by atoms with E-state index in [0.717, 1.165) is 88.7 Å². The number of rotatable bonds is 8. The third kappa shape index (κ3) is 5.18. The van der Waals surface area contributed by atoms with Gasteiger partial charge in [-0.15, -0.1) is 0 Å². The van der Waals surface area contributed by atoms with E-state index in [2.05, 4.69) is 45.0 Å². The summed E-state index contributed by atoms with van der Waals surface area (Å²) in [4.78, 5) is 20.4. The van der Waals surface area contributed by atoms with E-state index in [1.165, 1.54) is 5.56 Å². The molecule has 0 N–H and O–H groups in total. The zero-order valence-corrected chi connectivity index (χ0v) is 21.9. The lowest BCUT2D eigenvalue weighted by Gasteiger charge is -2.36. The summed E-state index contributed by atoms with van der Waals surface area (Å²) in [6.07, 6.45) is 3.24. The zero-order chi connectivity index (χ0) is 25.1. The van der Waals surface area contributed by atoms with Crippen LogP contribution in [0, 0.1) is 11.3 Å². The normalized spacial score (nSPS) is 21.9. The zero-order valence-electron chi connectivity index (χ0n) is 21.9. The smallest absolute Gasteiger partial charge is 0.226 e. The first-order valence-electron chi connectivity index (χ1n) is 13.1. The lowest BCUT2D eigenvalue weighted by molar-refractivity contribution is -0.135. The van der Waals surface area contributed by atoms with Gasteiger partial charge in [0.2, 0.25) is 5.91 Å². The van der Waals surface area contributed by atoms with Crippen molar-refractivity contribution in [1.82, 2.24) is 14.7 Å². The number of piperidine rings is 1. The maximum atomic E-state index is 13.3. The summed E-state index contributed by atoms with van der Waals surface area (Å²) in [5, 5.41) is 0. The van der Waals surface area contributed by atoms with Crippen LogP contribution in [0.3, 0.4) is 0 Å². The number of hydrogen-bond acceptors (Lipinski definition) is 6. The molecule has 1 aliphatic carbocycles. The quantitative estimate of drug-likeness (QED) is 0.560. The van der Waals surface area contributed by atoms with Crippen molar-refractivity contribution >= 4 is 5.91 Å². The number of likely N-dealkylation sites (tertiary alicyclic amines) is 1. The molecule has 7 heteroatoms. The Morgan fingerprint density at radius 3 is 2.06 bits per heavy atom. The average Bonchev–Trinajstić information content (AvgIpc) is 3.63. The lowest BCUT2D eigenvalue weighted by Crippen LogP contribution is -2.49. The molecule has 3 aliphatic rings. The van der Waals surface area contributed by atoms with Gasteiger partial charge >= 0.3 is 0 Å². The first-order chi connectivity index (χ1) is 17.5. The Morgan fingerprint density at radius 1 is 0.806 bits per heavy atom. The van der Waals surface area contributed by atoms with Gasteiger partial charge in [-0.25, -0.2) is 0 Å². The van der Waals surface area contributed by atoms with Crippen molar-refractivity contribution in [2.75, 3.05) is 60.6 Å². The maximum absolute atomic E-state index is 13.3. The van der Waals surface area contributed by atoms with E-state index in [1.54, 1.807) is 21.3 Å². The van der Waals surface area contributed by atoms with Crippen molar-refractivity contribution in [2.45, 2.75) is 32.4 Å². The molecule has 36 heavy (non-hydrogen) atoms. The molecule has 0 aromatic heterocycles. The Morgan fingerprint density at radius 2 is 1.42 bits per heavy atom. The molecule has 0 radical (unpaired) electrons. The number of hydrogen-bond donors (Lipinski definition) is 0. The van der Waals surface area contributed by atoms with Crippen molar-refractivity contribution in [3.63, 3.8) is 0 Å². The second kappa shape index (κ2) is 10.7. The van der Waals surface area contributed by atoms with Crippen molar-refractivity contribution in [2.24, 2.45) is 11.3 Å². The highest BCUT2D eigenvalue weighted by molar-refractivity contribution is 5.83. The maximum Gasteiger partial charge on any atom is 0.226 e. The summed E-state index contributed by atoms with van der Waals surface area (Å²) in [7, 11) is 4.99. The van der Waals surface area contributed by atoms with Crippen LogP contribution < -0.4 is 14.2 Å². The average molecular weight is 494 g/mol. The van der Waals surface area contributed by atoms with Crippen LogP contribution in [0.2, 0.25) is 0 Å². The van der Waals surface area contributed by atoms with E-state index in [1.807, 2.05) is 12.1 Å². The highest BCUT2D eigenvalue weighted by Gasteiger charge is 2.59. The fourth-order valence-corrected chi connectivity index (χ4v) is 6.05. The van der Waals surface area contributed by atoms with Gasteiger partial charge in [0.25, 0.3) is 0 Å². The minimum atomic E-state index is 0.218. The molecule has 2 aromatic rings. The molecule has 1 unspecified atom stereocenters. The summed E-state index contributed by atoms with van der Waals surface area (Å²) >= 11 is 0. The van der Waals surface area contributed by atoms with E-state index in [-0.39, 0.29) is 11.3 Å². The number of carbonyl (C=O) groups is 1. The second-order valence-electron chi connectivity index (χ2n) is 10.5. The van der Waals surface area contributed by atoms with Crippen LogP contribution in [0.15, 0.2) is 42.5 Å². The Kier molecular flexibility index (Phi) is 7.39. The molecular weight excluding hydrogens is 454 g/mol. The number of nitrogens with zero attached hydrogens (tertiary/aromatic N) is 3. The second-order valence-corrected chi connectivity index (χ2v) is 10.5. The Balaban J connectivity index is 1.11. The summed E-state index contributed by atoms with van der Waals surface area (Å²) < 4.78 is 16.5. The van der Waals surface area contributed by atoms with Crippen molar-refractivity contribution in [1.29, 1.82) is 0 Å². The van der Waals surface area contributed by atoms with Crippen molar-refractivity contribution < 1.29 is 19.0 Å². The van der Waals surface area contributed by atoms with Crippen molar-refractivity contribution in [3.05, 3.63) is 53.6 Å². The molecule has 2 heterocycles. The predicted octanol–water partition coefficient (Wildman–Crippen LogP) is 3.66. The van der Waals surface area contributed by atoms with Gasteiger partial charge in [0.05, 0.1) is 21.3 Å². The fraction of sp³-hybridized carbons (Fsp3) is 0.552. The Hall–Kier alpha value is -2.77. The molecule has 0 bridgehead atoms. The number of piperazine rings is 1. The third-order valence-corrected chi connectivity index (χ3v) is 8.45. The monoisotopic (exact) mass is 493 g/mol. The largest absolute Gasteiger partial charge is 0.496 e. The van der Waals surface area contributed by atoms with Crippen molar-refractivity contribution in [3.8, 4) is 17.2 Å². The molecule has 1 saturated carbocycles. The molecule has 1 amide bonds. The van der Waals surface area contributed by atoms with Crippen LogP contribution >= 0.6 is 0 Å². The predicted molar refractivity (Wildman–Crippen MR) is 139 cm³/mol. The molecule has 7 nitrogen and oxygen atoms in total. The minimum absolute atomic E-state index is 0.218. The molecule has 1 atom stereocenters. The first kappa shape index (κ1) is 24.9. The lowest BCUT2D eigenvalue weighted by atomic mass is 9.90. The topological polar surface area (TPSA) is 54.5 Å². The van der Waals surface area contributed by atoms with Gasteiger partial charge in [-0.1, -0.05) is 30.3 Å². The van der Waals surface area contributed by atoms with E-state index in [9.17, 15) is 4.79 Å². The summed E-state index contributed by atoms with van der Waals surface area (Å²) in [6, 6.07) is 14.5. The van der Waals surface area contributed by atoms with E-state index in [4.69, 9.17) is 14.2 Å². The standard InChI is InChI=1S/C29H39N3O4/c1-34-25-18-27(36-3)26(35-2)17-23(25)21-30-11-9-29(10-12-30)19-24(29)28(33)32-15-13-31(14-16-32)20-22-7-5-4-6-8-22/h4-8,17-18,24H,9-16,19-21H2,1-3H3. The number of amides is 1. The Labute approximate surface area is 214 Å². The highest BCUT2D eigenvalue weighted by atomic mass is 16.5. The van der Waals surface area contributed by atoms with Gasteiger partial charge in [-0.05, 0) is 49.4 Å². The molecule has 2 saturated heterocycles. The minimum Gasteiger partial charge on any atom is -0.496 e. The van der Waals surface area contributed by atoms with Crippen LogP contribution in [0.25, 0.3) is 0 Å². The Bertz CT molecular complexity index is 1040. The summed E-state index contributed by atoms with van der Waals surface area (Å²) in [5.74, 6) is 2.83. The van der Waals surface area contributed by atoms with Gasteiger partial charge in [-0.3, -0.25) is 14.6 Å². The van der Waals surface area contributed by atoms with Crippen LogP contribution in [-0.2, 0) is 17.9 Å². The van der Waals surface area contributed by atoms with Crippen LogP contribution in [0.4, 0.5) is 0 Å². The van der Waals surface area contributed by atoms with Gasteiger partial charge in [0.15, 0.2) is 11.5 Å². The van der Waals surface area contributed by atoms with Crippen LogP contribution in [0.1, 0.15) is 30.4 Å². The number of benzene rings is 2. The van der Waals surface area contributed by atoms with Crippen LogP contribution in [0.5, 0.6) is 17.2 Å². The number of methoxy groups -OCH3 is 3. The third-order valence-electron chi connectivity index (χ3n) is 8.45. The van der Waals surface area contributed by atoms with Gasteiger partial charge < -0.3 is 19.1 Å². The first-order valence-corrected chi connectivity index (χ1v) is 13.1. The van der Waals surface area contributed by atoms with E-state index in [0.29, 0.717) is 11.7 Å².